The van der Waals surface area contributed by atoms with Crippen molar-refractivity contribution in [2.45, 2.75) is 51.5 Å². The first-order chi connectivity index (χ1) is 10.2. The Morgan fingerprint density at radius 1 is 1.36 bits per heavy atom. The number of nitrogens with one attached hydrogen (secondary N) is 1. The van der Waals surface area contributed by atoms with Crippen molar-refractivity contribution >= 4 is 15.9 Å². The van der Waals surface area contributed by atoms with E-state index in [0.717, 1.165) is 0 Å². The van der Waals surface area contributed by atoms with E-state index >= 15 is 0 Å². The number of alkyl halides is 2. The molecule has 1 heterocycles. The van der Waals surface area contributed by atoms with Crippen LogP contribution < -0.4 is 9.50 Å². The summed E-state index contributed by atoms with van der Waals surface area (Å²) >= 11 is 0. The predicted molar refractivity (Wildman–Crippen MR) is 77.7 cm³/mol. The molecule has 1 aromatic heterocycles. The molecule has 0 amide bonds. The van der Waals surface area contributed by atoms with Crippen molar-refractivity contribution in [3.63, 3.8) is 0 Å². The fraction of sp³-hybridized carbons (Fsp3) is 0.692. The molecule has 1 N–H and O–H groups in total. The first-order valence-corrected chi connectivity index (χ1v) is 8.69. The van der Waals surface area contributed by atoms with Gasteiger partial charge in [-0.1, -0.05) is 0 Å². The van der Waals surface area contributed by atoms with Crippen molar-refractivity contribution in [2.24, 2.45) is 0 Å². The number of anilines is 1. The van der Waals surface area contributed by atoms with E-state index in [0.29, 0.717) is 24.4 Å². The average Bonchev–Trinajstić information content (AvgIpc) is 2.40. The van der Waals surface area contributed by atoms with E-state index in [9.17, 15) is 17.2 Å². The van der Waals surface area contributed by atoms with Crippen LogP contribution in [0.2, 0.25) is 0 Å². The zero-order valence-corrected chi connectivity index (χ0v) is 13.3. The molecular weight excluding hydrogens is 316 g/mol. The Morgan fingerprint density at radius 2 is 2.00 bits per heavy atom. The molecule has 1 aliphatic rings. The number of rotatable bonds is 5. The van der Waals surface area contributed by atoms with Crippen LogP contribution in [-0.4, -0.2) is 36.1 Å². The average molecular weight is 335 g/mol. The molecule has 22 heavy (non-hydrogen) atoms. The summed E-state index contributed by atoms with van der Waals surface area (Å²) in [6.07, 6.45) is 0.337. The lowest BCUT2D eigenvalue weighted by Crippen LogP contribution is -2.32. The summed E-state index contributed by atoms with van der Waals surface area (Å²) < 4.78 is 53.9. The highest BCUT2D eigenvalue weighted by molar-refractivity contribution is 7.87. The second kappa shape index (κ2) is 6.31. The first-order valence-electron chi connectivity index (χ1n) is 7.11. The minimum atomic E-state index is -3.71. The van der Waals surface area contributed by atoms with Crippen molar-refractivity contribution in [3.05, 3.63) is 11.8 Å². The van der Waals surface area contributed by atoms with Gasteiger partial charge in [-0.25, -0.2) is 8.78 Å². The molecule has 0 aromatic carbocycles. The van der Waals surface area contributed by atoms with Crippen LogP contribution in [0.1, 0.15) is 38.3 Å². The lowest BCUT2D eigenvalue weighted by Gasteiger charge is -2.29. The second-order valence-electron chi connectivity index (χ2n) is 5.38. The minimum absolute atomic E-state index is 0.121. The fourth-order valence-electron chi connectivity index (χ4n) is 2.22. The van der Waals surface area contributed by atoms with Crippen LogP contribution in [0.25, 0.3) is 0 Å². The van der Waals surface area contributed by atoms with E-state index in [1.54, 1.807) is 13.0 Å². The van der Waals surface area contributed by atoms with Gasteiger partial charge in [0, 0.05) is 30.6 Å². The van der Waals surface area contributed by atoms with E-state index in [-0.39, 0.29) is 30.6 Å². The maximum atomic E-state index is 13.1. The molecule has 124 valence electrons. The lowest BCUT2D eigenvalue weighted by atomic mass is 9.92. The maximum Gasteiger partial charge on any atom is 0.335 e. The van der Waals surface area contributed by atoms with Crippen LogP contribution in [0, 0.1) is 6.92 Å². The number of aryl methyl sites for hydroxylation is 1. The van der Waals surface area contributed by atoms with E-state index in [4.69, 9.17) is 4.18 Å². The Morgan fingerprint density at radius 3 is 2.59 bits per heavy atom. The number of aromatic nitrogens is 2. The third-order valence-electron chi connectivity index (χ3n) is 3.46. The highest BCUT2D eigenvalue weighted by atomic mass is 32.2. The molecule has 6 nitrogen and oxygen atoms in total. The zero-order chi connectivity index (χ0) is 16.4. The zero-order valence-electron chi connectivity index (χ0n) is 12.5. The summed E-state index contributed by atoms with van der Waals surface area (Å²) in [5, 5.41) is 3.04. The summed E-state index contributed by atoms with van der Waals surface area (Å²) in [6.45, 7) is 3.12. The Labute approximate surface area is 128 Å². The van der Waals surface area contributed by atoms with Crippen LogP contribution in [0.4, 0.5) is 14.6 Å². The highest BCUT2D eigenvalue weighted by Crippen LogP contribution is 2.34. The Bertz CT molecular complexity index is 627. The molecule has 0 atom stereocenters. The van der Waals surface area contributed by atoms with Crippen LogP contribution >= 0.6 is 0 Å². The van der Waals surface area contributed by atoms with E-state index < -0.39 is 16.0 Å². The largest absolute Gasteiger partial charge is 0.367 e. The molecule has 2 rings (SSSR count). The monoisotopic (exact) mass is 335 g/mol. The Kier molecular flexibility index (Phi) is 4.84. The Hall–Kier alpha value is -1.51. The van der Waals surface area contributed by atoms with Crippen molar-refractivity contribution in [2.75, 3.05) is 11.1 Å². The molecule has 0 bridgehead atoms. The predicted octanol–water partition coefficient (Wildman–Crippen LogP) is 2.50. The summed E-state index contributed by atoms with van der Waals surface area (Å²) in [4.78, 5) is 7.90. The lowest BCUT2D eigenvalue weighted by molar-refractivity contribution is -0.0361. The minimum Gasteiger partial charge on any atom is -0.367 e. The molecule has 0 saturated heterocycles. The summed E-state index contributed by atoms with van der Waals surface area (Å²) in [5.74, 6) is -2.40. The summed E-state index contributed by atoms with van der Waals surface area (Å²) in [7, 11) is -3.71. The van der Waals surface area contributed by atoms with Gasteiger partial charge in [0.15, 0.2) is 0 Å². The summed E-state index contributed by atoms with van der Waals surface area (Å²) in [6, 6.07) is 1.24. The first kappa shape index (κ1) is 16.9. The number of hydrogen-bond donors (Lipinski definition) is 1. The molecule has 0 unspecified atom stereocenters. The van der Waals surface area contributed by atoms with Gasteiger partial charge < -0.3 is 9.50 Å². The second-order valence-corrected chi connectivity index (χ2v) is 7.24. The van der Waals surface area contributed by atoms with Crippen molar-refractivity contribution < 1.29 is 21.4 Å². The fourth-order valence-corrected chi connectivity index (χ4v) is 2.64. The molecule has 1 saturated carbocycles. The normalized spacial score (nSPS) is 18.9. The molecule has 1 aromatic rings. The molecule has 1 aliphatic carbocycles. The van der Waals surface area contributed by atoms with Gasteiger partial charge in [0.05, 0.1) is 5.75 Å². The van der Waals surface area contributed by atoms with Crippen molar-refractivity contribution in [1.82, 2.24) is 9.97 Å². The molecule has 0 aliphatic heterocycles. The highest BCUT2D eigenvalue weighted by Gasteiger charge is 2.35. The topological polar surface area (TPSA) is 81.2 Å². The van der Waals surface area contributed by atoms with Gasteiger partial charge in [-0.15, -0.1) is 0 Å². The number of hydrogen-bond acceptors (Lipinski definition) is 6. The van der Waals surface area contributed by atoms with Crippen LogP contribution in [0.3, 0.4) is 0 Å². The maximum absolute atomic E-state index is 13.1. The molecule has 1 fully saturated rings. The quantitative estimate of drug-likeness (QED) is 0.833. The molecule has 0 radical (unpaired) electrons. The Balaban J connectivity index is 2.07. The van der Waals surface area contributed by atoms with Gasteiger partial charge in [-0.05, 0) is 26.7 Å². The van der Waals surface area contributed by atoms with Crippen molar-refractivity contribution in [3.8, 4) is 6.01 Å². The van der Waals surface area contributed by atoms with Gasteiger partial charge >= 0.3 is 16.1 Å². The number of halogens is 2. The molecule has 9 heteroatoms. The summed E-state index contributed by atoms with van der Waals surface area (Å²) in [5.41, 5.74) is 0.528. The SMILES string of the molecule is CCS(=O)(=O)Oc1nc(C)cc(NC2CCC(F)(F)CC2)n1. The molecule has 0 spiro atoms. The van der Waals surface area contributed by atoms with E-state index in [1.807, 2.05) is 0 Å². The molecular formula is C13H19F2N3O3S. The third kappa shape index (κ3) is 4.75. The van der Waals surface area contributed by atoms with Crippen LogP contribution in [0.15, 0.2) is 6.07 Å². The van der Waals surface area contributed by atoms with Gasteiger partial charge in [0.25, 0.3) is 0 Å². The van der Waals surface area contributed by atoms with Gasteiger partial charge in [-0.2, -0.15) is 18.4 Å². The van der Waals surface area contributed by atoms with Crippen LogP contribution in [0.5, 0.6) is 6.01 Å². The van der Waals surface area contributed by atoms with Gasteiger partial charge in [0.1, 0.15) is 5.82 Å². The van der Waals surface area contributed by atoms with Crippen LogP contribution in [-0.2, 0) is 10.1 Å². The standard InChI is InChI=1S/C13H19F2N3O3S/c1-3-22(19,20)21-12-16-9(2)8-11(18-12)17-10-4-6-13(14,15)7-5-10/h8,10H,3-7H2,1-2H3,(H,16,17,18). The smallest absolute Gasteiger partial charge is 0.335 e. The van der Waals surface area contributed by atoms with Crippen molar-refractivity contribution in [1.29, 1.82) is 0 Å². The number of nitrogens with zero attached hydrogens (tertiary/aromatic N) is 2. The van der Waals surface area contributed by atoms with Gasteiger partial charge in [0.2, 0.25) is 5.92 Å². The van der Waals surface area contributed by atoms with E-state index in [1.165, 1.54) is 6.92 Å². The van der Waals surface area contributed by atoms with E-state index in [2.05, 4.69) is 15.3 Å². The van der Waals surface area contributed by atoms with Gasteiger partial charge in [-0.3, -0.25) is 0 Å². The third-order valence-corrected chi connectivity index (χ3v) is 4.57.